The first-order valence-electron chi connectivity index (χ1n) is 9.93. The van der Waals surface area contributed by atoms with Crippen molar-refractivity contribution in [2.75, 3.05) is 7.11 Å². The quantitative estimate of drug-likeness (QED) is 0.878. The summed E-state index contributed by atoms with van der Waals surface area (Å²) in [4.78, 5) is 0. The Hall–Kier alpha value is -2.37. The maximum absolute atomic E-state index is 10.2. The number of aromatic hydroxyl groups is 1. The summed E-state index contributed by atoms with van der Waals surface area (Å²) in [6.07, 6.45) is 10.2. The van der Waals surface area contributed by atoms with E-state index in [1.54, 1.807) is 24.4 Å². The van der Waals surface area contributed by atoms with Gasteiger partial charge in [-0.25, -0.2) is 4.68 Å². The van der Waals surface area contributed by atoms with Gasteiger partial charge in [0.15, 0.2) is 11.5 Å². The van der Waals surface area contributed by atoms with E-state index in [0.29, 0.717) is 23.5 Å². The molecule has 6 nitrogen and oxygen atoms in total. The van der Waals surface area contributed by atoms with E-state index >= 15 is 0 Å². The number of methoxy groups -OCH3 is 1. The SMILES string of the molecule is COc1cc2c(cc1O)CC[C@@H]1[C@@H]2CC[C@]2(C)/C(=N/n3cnnc3)CC[C@@H]12. The number of rotatable bonds is 2. The lowest BCUT2D eigenvalue weighted by atomic mass is 9.55. The van der Waals surface area contributed by atoms with Gasteiger partial charge >= 0.3 is 0 Å². The van der Waals surface area contributed by atoms with Gasteiger partial charge < -0.3 is 9.84 Å². The van der Waals surface area contributed by atoms with Crippen molar-refractivity contribution < 1.29 is 9.84 Å². The summed E-state index contributed by atoms with van der Waals surface area (Å²) in [7, 11) is 1.63. The van der Waals surface area contributed by atoms with Crippen molar-refractivity contribution in [1.82, 2.24) is 14.9 Å². The van der Waals surface area contributed by atoms with E-state index in [1.807, 2.05) is 6.07 Å². The highest BCUT2D eigenvalue weighted by Gasteiger charge is 2.53. The fourth-order valence-corrected chi connectivity index (χ4v) is 6.09. The monoisotopic (exact) mass is 366 g/mol. The van der Waals surface area contributed by atoms with E-state index in [0.717, 1.165) is 19.3 Å². The van der Waals surface area contributed by atoms with Crippen molar-refractivity contribution in [1.29, 1.82) is 0 Å². The Morgan fingerprint density at radius 2 is 2.00 bits per heavy atom. The highest BCUT2D eigenvalue weighted by Crippen LogP contribution is 2.60. The molecule has 0 radical (unpaired) electrons. The summed E-state index contributed by atoms with van der Waals surface area (Å²) >= 11 is 0. The highest BCUT2D eigenvalue weighted by atomic mass is 16.5. The van der Waals surface area contributed by atoms with Crippen LogP contribution in [0.2, 0.25) is 0 Å². The number of hydrogen-bond donors (Lipinski definition) is 1. The zero-order valence-electron chi connectivity index (χ0n) is 15.9. The molecule has 27 heavy (non-hydrogen) atoms. The second-order valence-corrected chi connectivity index (χ2v) is 8.52. The first-order chi connectivity index (χ1) is 13.1. The van der Waals surface area contributed by atoms with Gasteiger partial charge in [-0.1, -0.05) is 6.92 Å². The molecule has 1 N–H and O–H groups in total. The van der Waals surface area contributed by atoms with E-state index < -0.39 is 0 Å². The Kier molecular flexibility index (Phi) is 3.78. The van der Waals surface area contributed by atoms with E-state index in [2.05, 4.69) is 23.2 Å². The Bertz CT molecular complexity index is 892. The lowest BCUT2D eigenvalue weighted by Crippen LogP contribution is -2.42. The highest BCUT2D eigenvalue weighted by molar-refractivity contribution is 5.92. The topological polar surface area (TPSA) is 72.5 Å². The van der Waals surface area contributed by atoms with Crippen molar-refractivity contribution >= 4 is 5.71 Å². The molecular weight excluding hydrogens is 340 g/mol. The van der Waals surface area contributed by atoms with Crippen LogP contribution in [0.15, 0.2) is 29.9 Å². The van der Waals surface area contributed by atoms with Gasteiger partial charge in [-0.2, -0.15) is 5.10 Å². The molecule has 1 heterocycles. The average Bonchev–Trinajstić information content (AvgIpc) is 3.29. The maximum Gasteiger partial charge on any atom is 0.160 e. The fraction of sp³-hybridized carbons (Fsp3) is 0.571. The van der Waals surface area contributed by atoms with E-state index in [9.17, 15) is 5.11 Å². The van der Waals surface area contributed by atoms with Crippen LogP contribution in [0.1, 0.15) is 56.1 Å². The molecule has 142 valence electrons. The molecule has 3 aliphatic carbocycles. The lowest BCUT2D eigenvalue weighted by Gasteiger charge is -2.49. The minimum absolute atomic E-state index is 0.171. The molecule has 3 aliphatic rings. The number of aryl methyl sites for hydroxylation is 1. The van der Waals surface area contributed by atoms with E-state index in [-0.39, 0.29) is 11.2 Å². The van der Waals surface area contributed by atoms with Crippen molar-refractivity contribution in [3.05, 3.63) is 35.9 Å². The molecule has 2 aromatic rings. The standard InChI is InChI=1S/C21H26N4O2/c1-21-8-7-14-15(4-3-13-9-18(26)19(27-2)10-16(13)14)17(21)5-6-20(21)24-25-11-22-23-12-25/h9-12,14-15,17,26H,3-8H2,1-2H3/b24-20+/t14-,15+,17-,21-/m0/s1. The van der Waals surface area contributed by atoms with Crippen LogP contribution >= 0.6 is 0 Å². The molecule has 0 saturated heterocycles. The van der Waals surface area contributed by atoms with Crippen molar-refractivity contribution in [3.8, 4) is 11.5 Å². The summed E-state index contributed by atoms with van der Waals surface area (Å²) in [6, 6.07) is 4.01. The van der Waals surface area contributed by atoms with Gasteiger partial charge in [0.2, 0.25) is 0 Å². The molecule has 1 aromatic carbocycles. The summed E-state index contributed by atoms with van der Waals surface area (Å²) in [5, 5.41) is 22.8. The van der Waals surface area contributed by atoms with Crippen LogP contribution < -0.4 is 4.74 Å². The largest absolute Gasteiger partial charge is 0.504 e. The zero-order chi connectivity index (χ0) is 18.6. The van der Waals surface area contributed by atoms with Gasteiger partial charge in [0, 0.05) is 11.1 Å². The number of hydrogen-bond acceptors (Lipinski definition) is 5. The van der Waals surface area contributed by atoms with E-state index in [1.165, 1.54) is 36.1 Å². The van der Waals surface area contributed by atoms with Crippen LogP contribution in [-0.2, 0) is 6.42 Å². The molecular formula is C21H26N4O2. The van der Waals surface area contributed by atoms with Gasteiger partial charge in [0.1, 0.15) is 12.7 Å². The molecule has 2 saturated carbocycles. The summed E-state index contributed by atoms with van der Waals surface area (Å²) in [5.41, 5.74) is 4.17. The third kappa shape index (κ3) is 2.49. The fourth-order valence-electron chi connectivity index (χ4n) is 6.09. The van der Waals surface area contributed by atoms with Gasteiger partial charge in [-0.05, 0) is 79.5 Å². The number of fused-ring (bicyclic) bond motifs is 5. The van der Waals surface area contributed by atoms with Crippen LogP contribution in [0.3, 0.4) is 0 Å². The molecule has 0 aliphatic heterocycles. The number of benzene rings is 1. The summed E-state index contributed by atoms with van der Waals surface area (Å²) in [6.45, 7) is 2.41. The molecule has 4 atom stereocenters. The number of aromatic nitrogens is 3. The minimum atomic E-state index is 0.171. The predicted molar refractivity (Wildman–Crippen MR) is 102 cm³/mol. The average molecular weight is 366 g/mol. The molecule has 0 amide bonds. The van der Waals surface area contributed by atoms with Crippen molar-refractivity contribution in [2.45, 2.75) is 51.4 Å². The van der Waals surface area contributed by atoms with Crippen LogP contribution in [-0.4, -0.2) is 32.8 Å². The number of phenolic OH excluding ortho intramolecular Hbond substituents is 1. The third-order valence-electron chi connectivity index (χ3n) is 7.41. The van der Waals surface area contributed by atoms with Gasteiger partial charge in [0.05, 0.1) is 7.11 Å². The maximum atomic E-state index is 10.2. The normalized spacial score (nSPS) is 33.4. The third-order valence-corrected chi connectivity index (χ3v) is 7.41. The Morgan fingerprint density at radius 3 is 2.78 bits per heavy atom. The van der Waals surface area contributed by atoms with Crippen LogP contribution in [0.4, 0.5) is 0 Å². The first-order valence-corrected chi connectivity index (χ1v) is 9.93. The first kappa shape index (κ1) is 16.8. The molecule has 0 spiro atoms. The minimum Gasteiger partial charge on any atom is -0.504 e. The molecule has 2 fully saturated rings. The molecule has 1 aromatic heterocycles. The Morgan fingerprint density at radius 1 is 1.19 bits per heavy atom. The zero-order valence-corrected chi connectivity index (χ0v) is 15.9. The second kappa shape index (κ2) is 6.08. The van der Waals surface area contributed by atoms with Crippen molar-refractivity contribution in [3.63, 3.8) is 0 Å². The molecule has 5 rings (SSSR count). The smallest absolute Gasteiger partial charge is 0.160 e. The summed E-state index contributed by atoms with van der Waals surface area (Å²) in [5.74, 6) is 2.78. The van der Waals surface area contributed by atoms with Gasteiger partial charge in [-0.3, -0.25) is 0 Å². The molecule has 0 unspecified atom stereocenters. The number of ether oxygens (including phenoxy) is 1. The molecule has 6 heteroatoms. The molecule has 0 bridgehead atoms. The second-order valence-electron chi connectivity index (χ2n) is 8.52. The van der Waals surface area contributed by atoms with Gasteiger partial charge in [-0.15, -0.1) is 10.2 Å². The number of phenols is 1. The summed E-state index contributed by atoms with van der Waals surface area (Å²) < 4.78 is 7.14. The van der Waals surface area contributed by atoms with E-state index in [4.69, 9.17) is 9.84 Å². The Labute approximate surface area is 159 Å². The van der Waals surface area contributed by atoms with Crippen LogP contribution in [0.5, 0.6) is 11.5 Å². The van der Waals surface area contributed by atoms with Gasteiger partial charge in [0.25, 0.3) is 0 Å². The Balaban J connectivity index is 1.49. The van der Waals surface area contributed by atoms with Crippen molar-refractivity contribution in [2.24, 2.45) is 22.4 Å². The van der Waals surface area contributed by atoms with Crippen LogP contribution in [0.25, 0.3) is 0 Å². The predicted octanol–water partition coefficient (Wildman–Crippen LogP) is 3.75. The lowest BCUT2D eigenvalue weighted by molar-refractivity contribution is 0.0952. The van der Waals surface area contributed by atoms with Crippen LogP contribution in [0, 0.1) is 17.3 Å². The number of nitrogens with zero attached hydrogens (tertiary/aromatic N) is 4.